The fourth-order valence-corrected chi connectivity index (χ4v) is 6.03. The number of benzene rings is 1. The number of hydrogen-bond donors (Lipinski definition) is 1. The van der Waals surface area contributed by atoms with Crippen molar-refractivity contribution in [1.82, 2.24) is 15.1 Å². The molecule has 9 heteroatoms. The maximum absolute atomic E-state index is 13.2. The van der Waals surface area contributed by atoms with Gasteiger partial charge in [-0.1, -0.05) is 0 Å². The molecule has 1 N–H and O–H groups in total. The SMILES string of the molecule is O=C(C1CC(F)(F)C1)N1CCC2(CC1)C[C@H](CCN1CCN(c3ccc(F)cc3)CC1)NC2=O. The molecule has 1 spiro atoms. The monoisotopic (exact) mass is 478 g/mol. The van der Waals surface area contributed by atoms with E-state index >= 15 is 0 Å². The van der Waals surface area contributed by atoms with Gasteiger partial charge < -0.3 is 15.1 Å². The van der Waals surface area contributed by atoms with Crippen molar-refractivity contribution in [3.05, 3.63) is 30.1 Å². The summed E-state index contributed by atoms with van der Waals surface area (Å²) in [5.41, 5.74) is 0.619. The first-order valence-corrected chi connectivity index (χ1v) is 12.4. The second-order valence-corrected chi connectivity index (χ2v) is 10.5. The van der Waals surface area contributed by atoms with Crippen LogP contribution in [0.4, 0.5) is 18.9 Å². The zero-order valence-corrected chi connectivity index (χ0v) is 19.4. The number of piperazine rings is 1. The number of rotatable bonds is 5. The van der Waals surface area contributed by atoms with E-state index in [1.807, 2.05) is 12.1 Å². The topological polar surface area (TPSA) is 55.9 Å². The molecule has 4 fully saturated rings. The van der Waals surface area contributed by atoms with Gasteiger partial charge >= 0.3 is 0 Å². The molecule has 3 heterocycles. The highest BCUT2D eigenvalue weighted by Gasteiger charge is 2.52. The summed E-state index contributed by atoms with van der Waals surface area (Å²) in [6.07, 6.45) is 2.22. The standard InChI is InChI=1S/C25H33F3N4O2/c26-19-1-3-21(4-2-19)31-13-11-30(12-14-31)8-5-20-17-24(23(34)29-20)6-9-32(10-7-24)22(33)18-15-25(27,28)16-18/h1-4,18,20H,5-17H2,(H,29,34)/t20-/m0/s1. The molecule has 1 aromatic rings. The number of alkyl halides is 2. The summed E-state index contributed by atoms with van der Waals surface area (Å²) < 4.78 is 39.4. The Bertz CT molecular complexity index is 901. The van der Waals surface area contributed by atoms with Gasteiger partial charge in [-0.3, -0.25) is 14.5 Å². The Morgan fingerprint density at radius 1 is 0.971 bits per heavy atom. The van der Waals surface area contributed by atoms with Crippen molar-refractivity contribution in [2.24, 2.45) is 11.3 Å². The normalized spacial score (nSPS) is 27.0. The molecule has 1 atom stereocenters. The quantitative estimate of drug-likeness (QED) is 0.707. The van der Waals surface area contributed by atoms with Crippen LogP contribution in [-0.2, 0) is 9.59 Å². The highest BCUT2D eigenvalue weighted by Crippen LogP contribution is 2.45. The van der Waals surface area contributed by atoms with Crippen molar-refractivity contribution in [3.8, 4) is 0 Å². The first kappa shape index (κ1) is 23.5. The van der Waals surface area contributed by atoms with Gasteiger partial charge in [-0.15, -0.1) is 0 Å². The van der Waals surface area contributed by atoms with E-state index in [4.69, 9.17) is 0 Å². The molecule has 3 aliphatic heterocycles. The summed E-state index contributed by atoms with van der Waals surface area (Å²) in [5, 5.41) is 3.18. The maximum atomic E-state index is 13.2. The Labute approximate surface area is 198 Å². The van der Waals surface area contributed by atoms with Gasteiger partial charge in [0.1, 0.15) is 5.82 Å². The lowest BCUT2D eigenvalue weighted by atomic mass is 9.74. The van der Waals surface area contributed by atoms with E-state index in [0.29, 0.717) is 25.9 Å². The first-order chi connectivity index (χ1) is 16.2. The van der Waals surface area contributed by atoms with Crippen LogP contribution in [0.1, 0.15) is 38.5 Å². The van der Waals surface area contributed by atoms with E-state index in [1.165, 1.54) is 12.1 Å². The van der Waals surface area contributed by atoms with Gasteiger partial charge in [0.05, 0.1) is 5.41 Å². The van der Waals surface area contributed by atoms with Crippen molar-refractivity contribution in [2.45, 2.75) is 50.5 Å². The lowest BCUT2D eigenvalue weighted by Gasteiger charge is -2.42. The molecule has 3 saturated heterocycles. The van der Waals surface area contributed by atoms with E-state index in [0.717, 1.165) is 51.3 Å². The van der Waals surface area contributed by atoms with Gasteiger partial charge in [0, 0.05) is 76.3 Å². The van der Waals surface area contributed by atoms with Crippen LogP contribution in [-0.4, -0.2) is 79.4 Å². The Morgan fingerprint density at radius 2 is 1.62 bits per heavy atom. The molecule has 4 aliphatic rings. The molecule has 0 aromatic heterocycles. The molecule has 1 aliphatic carbocycles. The molecular weight excluding hydrogens is 445 g/mol. The van der Waals surface area contributed by atoms with Crippen LogP contribution in [0.3, 0.4) is 0 Å². The molecule has 1 aromatic carbocycles. The Kier molecular flexibility index (Phi) is 6.25. The number of hydrogen-bond acceptors (Lipinski definition) is 4. The van der Waals surface area contributed by atoms with Crippen molar-refractivity contribution < 1.29 is 22.8 Å². The van der Waals surface area contributed by atoms with Gasteiger partial charge in [-0.2, -0.15) is 0 Å². The molecule has 5 rings (SSSR count). The number of amides is 2. The molecule has 0 bridgehead atoms. The Morgan fingerprint density at radius 3 is 2.24 bits per heavy atom. The van der Waals surface area contributed by atoms with E-state index in [9.17, 15) is 22.8 Å². The number of nitrogens with one attached hydrogen (secondary N) is 1. The number of halogens is 3. The van der Waals surface area contributed by atoms with Crippen LogP contribution in [0.15, 0.2) is 24.3 Å². The average molecular weight is 479 g/mol. The smallest absolute Gasteiger partial charge is 0.249 e. The van der Waals surface area contributed by atoms with E-state index in [-0.39, 0.29) is 36.5 Å². The van der Waals surface area contributed by atoms with Crippen LogP contribution in [0.2, 0.25) is 0 Å². The lowest BCUT2D eigenvalue weighted by Crippen LogP contribution is -2.51. The number of anilines is 1. The maximum Gasteiger partial charge on any atom is 0.249 e. The van der Waals surface area contributed by atoms with Crippen LogP contribution in [0.25, 0.3) is 0 Å². The number of carbonyl (C=O) groups is 2. The first-order valence-electron chi connectivity index (χ1n) is 12.4. The van der Waals surface area contributed by atoms with Crippen LogP contribution in [0.5, 0.6) is 0 Å². The summed E-state index contributed by atoms with van der Waals surface area (Å²) in [6, 6.07) is 6.76. The summed E-state index contributed by atoms with van der Waals surface area (Å²) in [4.78, 5) is 31.7. The minimum atomic E-state index is -2.69. The number of likely N-dealkylation sites (tertiary alicyclic amines) is 1. The van der Waals surface area contributed by atoms with Gasteiger partial charge in [-0.05, 0) is 49.9 Å². The molecule has 2 amide bonds. The van der Waals surface area contributed by atoms with Crippen molar-refractivity contribution >= 4 is 17.5 Å². The highest BCUT2D eigenvalue weighted by molar-refractivity contribution is 5.86. The largest absolute Gasteiger partial charge is 0.369 e. The second kappa shape index (κ2) is 9.06. The number of piperidine rings is 1. The van der Waals surface area contributed by atoms with E-state index < -0.39 is 17.3 Å². The van der Waals surface area contributed by atoms with Gasteiger partial charge in [0.2, 0.25) is 17.7 Å². The fourth-order valence-electron chi connectivity index (χ4n) is 6.03. The Balaban J connectivity index is 1.05. The third-order valence-electron chi connectivity index (χ3n) is 8.28. The third kappa shape index (κ3) is 4.76. The zero-order chi connectivity index (χ0) is 23.9. The van der Waals surface area contributed by atoms with Gasteiger partial charge in [-0.25, -0.2) is 13.2 Å². The summed E-state index contributed by atoms with van der Waals surface area (Å²) in [7, 11) is 0. The molecule has 34 heavy (non-hydrogen) atoms. The van der Waals surface area contributed by atoms with Crippen molar-refractivity contribution in [2.75, 3.05) is 50.7 Å². The summed E-state index contributed by atoms with van der Waals surface area (Å²) in [6.45, 7) is 5.52. The fraction of sp³-hybridized carbons (Fsp3) is 0.680. The minimum absolute atomic E-state index is 0.0842. The molecule has 6 nitrogen and oxygen atoms in total. The average Bonchev–Trinajstić information content (AvgIpc) is 3.11. The van der Waals surface area contributed by atoms with Crippen LogP contribution < -0.4 is 10.2 Å². The molecule has 0 radical (unpaired) electrons. The van der Waals surface area contributed by atoms with E-state index in [1.54, 1.807) is 4.90 Å². The van der Waals surface area contributed by atoms with Crippen LogP contribution >= 0.6 is 0 Å². The number of nitrogens with zero attached hydrogens (tertiary/aromatic N) is 3. The summed E-state index contributed by atoms with van der Waals surface area (Å²) in [5.74, 6) is -3.56. The molecule has 186 valence electrons. The van der Waals surface area contributed by atoms with E-state index in [2.05, 4.69) is 15.1 Å². The highest BCUT2D eigenvalue weighted by atomic mass is 19.3. The Hall–Kier alpha value is -2.29. The zero-order valence-electron chi connectivity index (χ0n) is 19.4. The van der Waals surface area contributed by atoms with Crippen molar-refractivity contribution in [1.29, 1.82) is 0 Å². The van der Waals surface area contributed by atoms with Gasteiger partial charge in [0.15, 0.2) is 0 Å². The third-order valence-corrected chi connectivity index (χ3v) is 8.28. The lowest BCUT2D eigenvalue weighted by molar-refractivity contribution is -0.162. The predicted molar refractivity (Wildman–Crippen MR) is 122 cm³/mol. The minimum Gasteiger partial charge on any atom is -0.369 e. The molecule has 1 saturated carbocycles. The predicted octanol–water partition coefficient (Wildman–Crippen LogP) is 2.88. The molecular formula is C25H33F3N4O2. The summed E-state index contributed by atoms with van der Waals surface area (Å²) >= 11 is 0. The van der Waals surface area contributed by atoms with Crippen molar-refractivity contribution in [3.63, 3.8) is 0 Å². The molecule has 0 unspecified atom stereocenters. The number of carbonyl (C=O) groups excluding carboxylic acids is 2. The second-order valence-electron chi connectivity index (χ2n) is 10.5. The van der Waals surface area contributed by atoms with Gasteiger partial charge in [0.25, 0.3) is 0 Å². The van der Waals surface area contributed by atoms with Crippen LogP contribution in [0, 0.1) is 17.2 Å².